The predicted molar refractivity (Wildman–Crippen MR) is 78.3 cm³/mol. The molecule has 0 radical (unpaired) electrons. The summed E-state index contributed by atoms with van der Waals surface area (Å²) >= 11 is 0. The number of rotatable bonds is 7. The van der Waals surface area contributed by atoms with Crippen molar-refractivity contribution in [3.8, 4) is 0 Å². The summed E-state index contributed by atoms with van der Waals surface area (Å²) in [6.07, 6.45) is 0.785. The molecule has 118 valence electrons. The maximum absolute atomic E-state index is 9.08. The summed E-state index contributed by atoms with van der Waals surface area (Å²) in [6, 6.07) is 9.54. The van der Waals surface area contributed by atoms with Gasteiger partial charge in [-0.2, -0.15) is 0 Å². The van der Waals surface area contributed by atoms with Crippen molar-refractivity contribution in [1.82, 2.24) is 0 Å². The first-order valence-corrected chi connectivity index (χ1v) is 7.26. The van der Waals surface area contributed by atoms with Crippen LogP contribution in [0.25, 0.3) is 0 Å². The van der Waals surface area contributed by atoms with E-state index in [1.54, 1.807) is 0 Å². The maximum Gasteiger partial charge on any atom is 0.104 e. The van der Waals surface area contributed by atoms with E-state index in [2.05, 4.69) is 0 Å². The van der Waals surface area contributed by atoms with Gasteiger partial charge in [0.05, 0.1) is 39.6 Å². The lowest BCUT2D eigenvalue weighted by Crippen LogP contribution is -2.30. The van der Waals surface area contributed by atoms with Crippen LogP contribution in [0.2, 0.25) is 0 Å². The fraction of sp³-hybridized carbons (Fsp3) is 0.625. The van der Waals surface area contributed by atoms with Gasteiger partial charge in [0.1, 0.15) is 12.2 Å². The largest absolute Gasteiger partial charge is 0.395 e. The number of hydrogen-bond donors (Lipinski definition) is 2. The fourth-order valence-electron chi connectivity index (χ4n) is 1.73. The Hall–Kier alpha value is -0.980. The van der Waals surface area contributed by atoms with E-state index in [4.69, 9.17) is 24.4 Å². The molecule has 5 heteroatoms. The standard InChI is InChI=1S/C10H14O2.C6H10O3/c1-10(7-11,8-12)9-5-3-2-4-6-9;1(5-3-8-5)7-2-6-4-9-6/h2-6,11-12H,7-8H2,1H3;5-6H,1-4H2. The molecule has 0 spiro atoms. The second-order valence-electron chi connectivity index (χ2n) is 5.69. The molecule has 0 amide bonds. The second-order valence-corrected chi connectivity index (χ2v) is 5.69. The molecule has 2 aliphatic rings. The zero-order chi connectivity index (χ0) is 15.1. The first-order chi connectivity index (χ1) is 10.2. The van der Waals surface area contributed by atoms with Crippen molar-refractivity contribution in [3.63, 3.8) is 0 Å². The Morgan fingerprint density at radius 1 is 1.05 bits per heavy atom. The van der Waals surface area contributed by atoms with Gasteiger partial charge in [0.2, 0.25) is 0 Å². The summed E-state index contributed by atoms with van der Waals surface area (Å²) in [5.41, 5.74) is 0.455. The number of benzene rings is 1. The van der Waals surface area contributed by atoms with Crippen molar-refractivity contribution in [3.05, 3.63) is 35.9 Å². The number of hydrogen-bond acceptors (Lipinski definition) is 5. The Bertz CT molecular complexity index is 384. The van der Waals surface area contributed by atoms with Crippen molar-refractivity contribution < 1.29 is 24.4 Å². The van der Waals surface area contributed by atoms with E-state index in [-0.39, 0.29) is 13.2 Å². The summed E-state index contributed by atoms with van der Waals surface area (Å²) < 4.78 is 15.1. The smallest absolute Gasteiger partial charge is 0.104 e. The topological polar surface area (TPSA) is 74.8 Å². The third-order valence-electron chi connectivity index (χ3n) is 3.58. The van der Waals surface area contributed by atoms with Gasteiger partial charge in [0, 0.05) is 5.41 Å². The summed E-state index contributed by atoms with van der Waals surface area (Å²) in [7, 11) is 0. The van der Waals surface area contributed by atoms with E-state index in [0.717, 1.165) is 32.0 Å². The van der Waals surface area contributed by atoms with Gasteiger partial charge in [-0.05, 0) is 5.56 Å². The molecule has 0 aromatic heterocycles. The van der Waals surface area contributed by atoms with Gasteiger partial charge in [-0.3, -0.25) is 0 Å². The average molecular weight is 296 g/mol. The fourth-order valence-corrected chi connectivity index (χ4v) is 1.73. The minimum absolute atomic E-state index is 0.0342. The van der Waals surface area contributed by atoms with Crippen molar-refractivity contribution in [2.24, 2.45) is 0 Å². The van der Waals surface area contributed by atoms with E-state index in [9.17, 15) is 0 Å². The molecule has 0 bridgehead atoms. The number of ether oxygens (including phenoxy) is 3. The lowest BCUT2D eigenvalue weighted by atomic mass is 9.84. The summed E-state index contributed by atoms with van der Waals surface area (Å²) in [5, 5.41) is 18.2. The highest BCUT2D eigenvalue weighted by atomic mass is 16.6. The van der Waals surface area contributed by atoms with Crippen LogP contribution in [0.15, 0.2) is 30.3 Å². The Kier molecular flexibility index (Phi) is 6.14. The van der Waals surface area contributed by atoms with Crippen LogP contribution in [0, 0.1) is 0 Å². The van der Waals surface area contributed by atoms with Crippen LogP contribution in [0.4, 0.5) is 0 Å². The van der Waals surface area contributed by atoms with E-state index in [1.165, 1.54) is 0 Å². The summed E-state index contributed by atoms with van der Waals surface area (Å²) in [4.78, 5) is 0. The molecule has 1 aromatic carbocycles. The van der Waals surface area contributed by atoms with Gasteiger partial charge in [-0.15, -0.1) is 0 Å². The molecule has 2 unspecified atom stereocenters. The molecule has 0 aliphatic carbocycles. The first kappa shape index (κ1) is 16.4. The average Bonchev–Trinajstić information content (AvgIpc) is 3.43. The number of aliphatic hydroxyl groups excluding tert-OH is 2. The molecular weight excluding hydrogens is 272 g/mol. The van der Waals surface area contributed by atoms with Gasteiger partial charge in [-0.25, -0.2) is 0 Å². The summed E-state index contributed by atoms with van der Waals surface area (Å²) in [5.74, 6) is 0. The molecular formula is C16H24O5. The van der Waals surface area contributed by atoms with Gasteiger partial charge >= 0.3 is 0 Å². The van der Waals surface area contributed by atoms with Gasteiger partial charge < -0.3 is 24.4 Å². The lowest BCUT2D eigenvalue weighted by molar-refractivity contribution is 0.102. The van der Waals surface area contributed by atoms with Gasteiger partial charge in [0.25, 0.3) is 0 Å². The normalized spacial score (nSPS) is 23.2. The first-order valence-electron chi connectivity index (χ1n) is 7.26. The second kappa shape index (κ2) is 7.87. The van der Waals surface area contributed by atoms with Crippen molar-refractivity contribution in [1.29, 1.82) is 0 Å². The van der Waals surface area contributed by atoms with Crippen molar-refractivity contribution in [2.75, 3.05) is 39.6 Å². The Morgan fingerprint density at radius 3 is 1.90 bits per heavy atom. The van der Waals surface area contributed by atoms with E-state index in [0.29, 0.717) is 12.2 Å². The van der Waals surface area contributed by atoms with Crippen LogP contribution in [0.3, 0.4) is 0 Å². The molecule has 5 nitrogen and oxygen atoms in total. The molecule has 0 saturated carbocycles. The highest BCUT2D eigenvalue weighted by molar-refractivity contribution is 5.24. The van der Waals surface area contributed by atoms with Crippen molar-refractivity contribution >= 4 is 0 Å². The lowest BCUT2D eigenvalue weighted by Gasteiger charge is -2.24. The Labute approximate surface area is 125 Å². The highest BCUT2D eigenvalue weighted by Gasteiger charge is 2.26. The van der Waals surface area contributed by atoms with Crippen LogP contribution < -0.4 is 0 Å². The summed E-state index contributed by atoms with van der Waals surface area (Å²) in [6.45, 7) is 5.03. The molecule has 2 fully saturated rings. The SMILES string of the molecule is C(OCC1CO1)C1CO1.CC(CO)(CO)c1ccccc1. The van der Waals surface area contributed by atoms with Crippen LogP contribution in [-0.2, 0) is 19.6 Å². The minimum atomic E-state index is -0.513. The third-order valence-corrected chi connectivity index (χ3v) is 3.58. The van der Waals surface area contributed by atoms with Crippen LogP contribution >= 0.6 is 0 Å². The molecule has 21 heavy (non-hydrogen) atoms. The highest BCUT2D eigenvalue weighted by Crippen LogP contribution is 2.21. The zero-order valence-electron chi connectivity index (χ0n) is 12.4. The van der Waals surface area contributed by atoms with E-state index >= 15 is 0 Å². The van der Waals surface area contributed by atoms with E-state index in [1.807, 2.05) is 37.3 Å². The molecule has 2 N–H and O–H groups in total. The predicted octanol–water partition coefficient (Wildman–Crippen LogP) is 0.729. The molecule has 3 rings (SSSR count). The monoisotopic (exact) mass is 296 g/mol. The van der Waals surface area contributed by atoms with Crippen LogP contribution in [-0.4, -0.2) is 62.1 Å². The van der Waals surface area contributed by atoms with Crippen LogP contribution in [0.1, 0.15) is 12.5 Å². The maximum atomic E-state index is 9.08. The molecule has 2 aliphatic heterocycles. The van der Waals surface area contributed by atoms with Gasteiger partial charge in [0.15, 0.2) is 0 Å². The molecule has 1 aromatic rings. The number of aliphatic hydroxyl groups is 2. The third kappa shape index (κ3) is 5.73. The van der Waals surface area contributed by atoms with Crippen molar-refractivity contribution in [2.45, 2.75) is 24.5 Å². The molecule has 2 atom stereocenters. The quantitative estimate of drug-likeness (QED) is 0.726. The molecule has 2 saturated heterocycles. The Morgan fingerprint density at radius 2 is 1.52 bits per heavy atom. The molecule has 2 heterocycles. The van der Waals surface area contributed by atoms with E-state index < -0.39 is 5.41 Å². The minimum Gasteiger partial charge on any atom is -0.395 e. The zero-order valence-corrected chi connectivity index (χ0v) is 12.4. The Balaban J connectivity index is 0.000000159. The van der Waals surface area contributed by atoms with Crippen LogP contribution in [0.5, 0.6) is 0 Å². The number of epoxide rings is 2. The van der Waals surface area contributed by atoms with Gasteiger partial charge in [-0.1, -0.05) is 37.3 Å².